The highest BCUT2D eigenvalue weighted by Gasteiger charge is 2.10. The third-order valence-corrected chi connectivity index (χ3v) is 5.37. The third-order valence-electron chi connectivity index (χ3n) is 4.49. The van der Waals surface area contributed by atoms with Crippen molar-refractivity contribution in [1.82, 2.24) is 19.5 Å². The van der Waals surface area contributed by atoms with Crippen LogP contribution in [0.4, 0.5) is 11.6 Å². The maximum Gasteiger partial charge on any atom is 0.227 e. The Kier molecular flexibility index (Phi) is 6.01. The zero-order valence-electron chi connectivity index (χ0n) is 16.4. The molecule has 4 aromatic rings. The lowest BCUT2D eigenvalue weighted by Crippen LogP contribution is -2.10. The van der Waals surface area contributed by atoms with Crippen LogP contribution in [-0.4, -0.2) is 26.1 Å². The number of nitrogens with one attached hydrogen (secondary N) is 1. The standard InChI is InChI=1S/C22H20N6OS/c1-2-20-24-9-10-28(20)11-12-29-18-7-5-17(6-8-18)26-22-25-15-16(14-23)21(27-22)19-4-3-13-30-19/h3-10,13,15H,2,11-12H2,1H3,(H,25,26,27). The number of nitriles is 1. The van der Waals surface area contributed by atoms with E-state index in [9.17, 15) is 5.26 Å². The van der Waals surface area contributed by atoms with Crippen LogP contribution in [-0.2, 0) is 13.0 Å². The van der Waals surface area contributed by atoms with E-state index in [1.54, 1.807) is 6.20 Å². The van der Waals surface area contributed by atoms with Gasteiger partial charge in [-0.2, -0.15) is 5.26 Å². The molecule has 0 atom stereocenters. The zero-order chi connectivity index (χ0) is 20.8. The molecule has 0 radical (unpaired) electrons. The first-order valence-corrected chi connectivity index (χ1v) is 10.5. The van der Waals surface area contributed by atoms with Gasteiger partial charge in [-0.3, -0.25) is 0 Å². The number of ether oxygens (including phenoxy) is 1. The van der Waals surface area contributed by atoms with Gasteiger partial charge in [0.05, 0.1) is 23.2 Å². The van der Waals surface area contributed by atoms with Crippen molar-refractivity contribution in [3.05, 3.63) is 71.8 Å². The van der Waals surface area contributed by atoms with Crippen LogP contribution in [0.2, 0.25) is 0 Å². The van der Waals surface area contributed by atoms with Gasteiger partial charge >= 0.3 is 0 Å². The topological polar surface area (TPSA) is 88.6 Å². The predicted octanol–water partition coefficient (Wildman–Crippen LogP) is 4.66. The van der Waals surface area contributed by atoms with Crippen molar-refractivity contribution in [2.75, 3.05) is 11.9 Å². The Bertz CT molecular complexity index is 1150. The van der Waals surface area contributed by atoms with Crippen LogP contribution in [0.5, 0.6) is 5.75 Å². The Morgan fingerprint density at radius 3 is 2.80 bits per heavy atom. The first kappa shape index (κ1) is 19.6. The Morgan fingerprint density at radius 2 is 2.07 bits per heavy atom. The predicted molar refractivity (Wildman–Crippen MR) is 117 cm³/mol. The number of benzene rings is 1. The molecule has 30 heavy (non-hydrogen) atoms. The van der Waals surface area contributed by atoms with Gasteiger partial charge in [0.15, 0.2) is 0 Å². The van der Waals surface area contributed by atoms with E-state index in [1.807, 2.05) is 54.2 Å². The van der Waals surface area contributed by atoms with Gasteiger partial charge < -0.3 is 14.6 Å². The molecule has 0 bridgehead atoms. The van der Waals surface area contributed by atoms with E-state index < -0.39 is 0 Å². The minimum absolute atomic E-state index is 0.443. The largest absolute Gasteiger partial charge is 0.492 e. The number of aryl methyl sites for hydroxylation is 1. The molecule has 1 N–H and O–H groups in total. The molecule has 7 nitrogen and oxygen atoms in total. The lowest BCUT2D eigenvalue weighted by molar-refractivity contribution is 0.296. The summed E-state index contributed by atoms with van der Waals surface area (Å²) in [4.78, 5) is 14.0. The lowest BCUT2D eigenvalue weighted by Gasteiger charge is -2.10. The van der Waals surface area contributed by atoms with Crippen LogP contribution >= 0.6 is 11.3 Å². The summed E-state index contributed by atoms with van der Waals surface area (Å²) in [5, 5.41) is 14.5. The van der Waals surface area contributed by atoms with E-state index >= 15 is 0 Å². The number of thiophene rings is 1. The van der Waals surface area contributed by atoms with Crippen molar-refractivity contribution >= 4 is 23.0 Å². The fourth-order valence-corrected chi connectivity index (χ4v) is 3.74. The zero-order valence-corrected chi connectivity index (χ0v) is 17.3. The molecule has 3 aromatic heterocycles. The summed E-state index contributed by atoms with van der Waals surface area (Å²) in [6, 6.07) is 13.7. The fraction of sp³-hybridized carbons (Fsp3) is 0.182. The van der Waals surface area contributed by atoms with E-state index in [0.717, 1.165) is 35.1 Å². The van der Waals surface area contributed by atoms with E-state index in [1.165, 1.54) is 11.3 Å². The molecular weight excluding hydrogens is 396 g/mol. The van der Waals surface area contributed by atoms with Gasteiger partial charge in [0.2, 0.25) is 5.95 Å². The monoisotopic (exact) mass is 416 g/mol. The highest BCUT2D eigenvalue weighted by atomic mass is 32.1. The first-order chi connectivity index (χ1) is 14.8. The normalized spacial score (nSPS) is 10.5. The molecule has 0 aliphatic heterocycles. The molecular formula is C22H20N6OS. The van der Waals surface area contributed by atoms with Crippen molar-refractivity contribution in [3.8, 4) is 22.4 Å². The van der Waals surface area contributed by atoms with E-state index in [0.29, 0.717) is 23.8 Å². The molecule has 1 aromatic carbocycles. The maximum absolute atomic E-state index is 9.32. The molecule has 150 valence electrons. The van der Waals surface area contributed by atoms with Crippen molar-refractivity contribution < 1.29 is 4.74 Å². The summed E-state index contributed by atoms with van der Waals surface area (Å²) >= 11 is 1.54. The van der Waals surface area contributed by atoms with Crippen LogP contribution in [0.15, 0.2) is 60.4 Å². The van der Waals surface area contributed by atoms with Gasteiger partial charge in [0.25, 0.3) is 0 Å². The SMILES string of the molecule is CCc1nccn1CCOc1ccc(Nc2ncc(C#N)c(-c3cccs3)n2)cc1. The smallest absolute Gasteiger partial charge is 0.227 e. The molecule has 0 saturated heterocycles. The quantitative estimate of drug-likeness (QED) is 0.449. The number of anilines is 2. The van der Waals surface area contributed by atoms with Crippen molar-refractivity contribution in [1.29, 1.82) is 5.26 Å². The van der Waals surface area contributed by atoms with E-state index in [2.05, 4.69) is 37.8 Å². The molecule has 0 saturated carbocycles. The molecule has 4 rings (SSSR count). The number of rotatable bonds is 8. The second-order valence-corrected chi connectivity index (χ2v) is 7.38. The molecule has 0 fully saturated rings. The number of imidazole rings is 1. The Morgan fingerprint density at radius 1 is 1.20 bits per heavy atom. The minimum atomic E-state index is 0.443. The summed E-state index contributed by atoms with van der Waals surface area (Å²) in [5.41, 5.74) is 1.93. The maximum atomic E-state index is 9.32. The molecule has 3 heterocycles. The highest BCUT2D eigenvalue weighted by molar-refractivity contribution is 7.13. The number of nitrogens with zero attached hydrogens (tertiary/aromatic N) is 5. The van der Waals surface area contributed by atoms with Crippen molar-refractivity contribution in [2.24, 2.45) is 0 Å². The number of aromatic nitrogens is 4. The van der Waals surface area contributed by atoms with Crippen LogP contribution in [0.3, 0.4) is 0 Å². The summed E-state index contributed by atoms with van der Waals surface area (Å²) in [6.07, 6.45) is 6.23. The summed E-state index contributed by atoms with van der Waals surface area (Å²) in [7, 11) is 0. The number of hydrogen-bond donors (Lipinski definition) is 1. The second kappa shape index (κ2) is 9.20. The van der Waals surface area contributed by atoms with Gasteiger partial charge in [-0.1, -0.05) is 13.0 Å². The van der Waals surface area contributed by atoms with Crippen molar-refractivity contribution in [2.45, 2.75) is 19.9 Å². The van der Waals surface area contributed by atoms with E-state index in [-0.39, 0.29) is 0 Å². The Labute approximate surface area is 178 Å². The molecule has 0 amide bonds. The minimum Gasteiger partial charge on any atom is -0.492 e. The first-order valence-electron chi connectivity index (χ1n) is 9.57. The van der Waals surface area contributed by atoms with Crippen LogP contribution in [0.25, 0.3) is 10.6 Å². The van der Waals surface area contributed by atoms with Gasteiger partial charge in [-0.05, 0) is 35.7 Å². The van der Waals surface area contributed by atoms with Crippen LogP contribution in [0, 0.1) is 11.3 Å². The average Bonchev–Trinajstić information content (AvgIpc) is 3.47. The molecule has 0 aliphatic rings. The highest BCUT2D eigenvalue weighted by Crippen LogP contribution is 2.27. The second-order valence-electron chi connectivity index (χ2n) is 6.43. The van der Waals surface area contributed by atoms with Crippen LogP contribution < -0.4 is 10.1 Å². The van der Waals surface area contributed by atoms with Gasteiger partial charge in [0, 0.05) is 24.5 Å². The van der Waals surface area contributed by atoms with Gasteiger partial charge in [0.1, 0.15) is 29.9 Å². The van der Waals surface area contributed by atoms with Gasteiger partial charge in [-0.15, -0.1) is 11.3 Å². The molecule has 8 heteroatoms. The molecule has 0 aliphatic carbocycles. The molecule has 0 unspecified atom stereocenters. The Hall–Kier alpha value is -3.70. The Balaban J connectivity index is 1.39. The van der Waals surface area contributed by atoms with E-state index in [4.69, 9.17) is 4.74 Å². The summed E-state index contributed by atoms with van der Waals surface area (Å²) in [6.45, 7) is 3.42. The summed E-state index contributed by atoms with van der Waals surface area (Å²) < 4.78 is 7.94. The summed E-state index contributed by atoms with van der Waals surface area (Å²) in [5.74, 6) is 2.29. The average molecular weight is 417 g/mol. The van der Waals surface area contributed by atoms with Crippen molar-refractivity contribution in [3.63, 3.8) is 0 Å². The van der Waals surface area contributed by atoms with Gasteiger partial charge in [-0.25, -0.2) is 15.0 Å². The lowest BCUT2D eigenvalue weighted by atomic mass is 10.2. The fourth-order valence-electron chi connectivity index (χ4n) is 3.01. The number of hydrogen-bond acceptors (Lipinski definition) is 7. The van der Waals surface area contributed by atoms with Crippen LogP contribution in [0.1, 0.15) is 18.3 Å². The third kappa shape index (κ3) is 4.47. The molecule has 0 spiro atoms.